The Hall–Kier alpha value is -3.26. The summed E-state index contributed by atoms with van der Waals surface area (Å²) in [6.07, 6.45) is 3.39. The number of fused-ring (bicyclic) bond motifs is 2. The second kappa shape index (κ2) is 8.11. The molecule has 1 atom stereocenters. The number of carbonyl (C=O) groups is 1. The van der Waals surface area contributed by atoms with Crippen molar-refractivity contribution in [2.45, 2.75) is 19.9 Å². The second-order valence-electron chi connectivity index (χ2n) is 8.09. The minimum absolute atomic E-state index is 0.0707. The van der Waals surface area contributed by atoms with Gasteiger partial charge in [0.2, 0.25) is 0 Å². The Kier molecular flexibility index (Phi) is 5.15. The highest BCUT2D eigenvalue weighted by Gasteiger charge is 2.34. The zero-order valence-corrected chi connectivity index (χ0v) is 18.3. The molecule has 7 nitrogen and oxygen atoms in total. The minimum Gasteiger partial charge on any atom is -0.351 e. The first-order valence-electron chi connectivity index (χ1n) is 10.5. The van der Waals surface area contributed by atoms with Crippen molar-refractivity contribution in [3.05, 3.63) is 54.3 Å². The van der Waals surface area contributed by atoms with E-state index in [4.69, 9.17) is 0 Å². The first kappa shape index (κ1) is 19.7. The zero-order valence-electron chi connectivity index (χ0n) is 17.5. The average Bonchev–Trinajstić information content (AvgIpc) is 3.28. The van der Waals surface area contributed by atoms with Crippen LogP contribution in [0.25, 0.3) is 21.1 Å². The molecular weight excluding hydrogens is 408 g/mol. The number of aromatic nitrogens is 3. The first-order chi connectivity index (χ1) is 15.1. The Labute approximate surface area is 184 Å². The molecule has 0 radical (unpaired) electrons. The standard InChI is InChI=1S/C23H24N6OS/c1-15(2)20-13-28(22-21-19(8-12-31-21)25-14-26-22)10-11-29(20)23(30)27-18-7-3-6-17-16(18)5-4-9-24-17/h3-9,12,14-15,20H,10-11,13H2,1-2H3,(H,27,30). The number of urea groups is 1. The fourth-order valence-corrected chi connectivity index (χ4v) is 5.09. The average molecular weight is 433 g/mol. The first-order valence-corrected chi connectivity index (χ1v) is 11.3. The van der Waals surface area contributed by atoms with Gasteiger partial charge in [-0.05, 0) is 41.6 Å². The molecule has 1 saturated heterocycles. The van der Waals surface area contributed by atoms with Gasteiger partial charge >= 0.3 is 6.03 Å². The Balaban J connectivity index is 1.38. The van der Waals surface area contributed by atoms with Crippen molar-refractivity contribution in [1.82, 2.24) is 19.9 Å². The van der Waals surface area contributed by atoms with E-state index in [0.717, 1.165) is 45.7 Å². The van der Waals surface area contributed by atoms with E-state index in [2.05, 4.69) is 39.0 Å². The molecule has 4 heterocycles. The summed E-state index contributed by atoms with van der Waals surface area (Å²) in [7, 11) is 0. The lowest BCUT2D eigenvalue weighted by molar-refractivity contribution is 0.156. The maximum absolute atomic E-state index is 13.3. The van der Waals surface area contributed by atoms with E-state index in [1.54, 1.807) is 23.9 Å². The van der Waals surface area contributed by atoms with Crippen LogP contribution in [-0.2, 0) is 0 Å². The van der Waals surface area contributed by atoms with Crippen molar-refractivity contribution >= 4 is 50.0 Å². The van der Waals surface area contributed by atoms with Crippen molar-refractivity contribution in [3.63, 3.8) is 0 Å². The Bertz CT molecular complexity index is 1230. The number of carbonyl (C=O) groups excluding carboxylic acids is 1. The molecule has 0 bridgehead atoms. The number of rotatable bonds is 3. The third-order valence-corrected chi connectivity index (χ3v) is 6.76. The zero-order chi connectivity index (χ0) is 21.4. The predicted octanol–water partition coefficient (Wildman–Crippen LogP) is 4.62. The monoisotopic (exact) mass is 432 g/mol. The summed E-state index contributed by atoms with van der Waals surface area (Å²) in [4.78, 5) is 30.9. The molecule has 1 aliphatic rings. The summed E-state index contributed by atoms with van der Waals surface area (Å²) in [6, 6.07) is 11.7. The van der Waals surface area contributed by atoms with Crippen molar-refractivity contribution in [2.24, 2.45) is 5.92 Å². The van der Waals surface area contributed by atoms with Crippen LogP contribution in [0, 0.1) is 5.92 Å². The van der Waals surface area contributed by atoms with Gasteiger partial charge in [-0.2, -0.15) is 0 Å². The largest absolute Gasteiger partial charge is 0.351 e. The van der Waals surface area contributed by atoms with Crippen LogP contribution in [-0.4, -0.2) is 51.6 Å². The number of amides is 2. The maximum atomic E-state index is 13.3. The highest BCUT2D eigenvalue weighted by atomic mass is 32.1. The van der Waals surface area contributed by atoms with Gasteiger partial charge < -0.3 is 15.1 Å². The number of piperazine rings is 1. The molecule has 5 rings (SSSR count). The Morgan fingerprint density at radius 2 is 2.00 bits per heavy atom. The van der Waals surface area contributed by atoms with Crippen molar-refractivity contribution in [2.75, 3.05) is 29.9 Å². The minimum atomic E-state index is -0.0707. The number of hydrogen-bond donors (Lipinski definition) is 1. The van der Waals surface area contributed by atoms with Gasteiger partial charge in [-0.25, -0.2) is 14.8 Å². The number of hydrogen-bond acceptors (Lipinski definition) is 6. The molecule has 0 spiro atoms. The quantitative estimate of drug-likeness (QED) is 0.511. The second-order valence-corrected chi connectivity index (χ2v) is 9.00. The highest BCUT2D eigenvalue weighted by Crippen LogP contribution is 2.31. The van der Waals surface area contributed by atoms with Gasteiger partial charge in [-0.3, -0.25) is 4.98 Å². The SMILES string of the molecule is CC(C)C1CN(c2ncnc3ccsc23)CCN1C(=O)Nc1cccc2ncccc12. The van der Waals surface area contributed by atoms with Gasteiger partial charge in [-0.1, -0.05) is 19.9 Å². The molecule has 3 aromatic heterocycles. The number of thiophene rings is 1. The molecule has 1 N–H and O–H groups in total. The lowest BCUT2D eigenvalue weighted by Crippen LogP contribution is -2.58. The van der Waals surface area contributed by atoms with E-state index in [-0.39, 0.29) is 12.1 Å². The van der Waals surface area contributed by atoms with Crippen LogP contribution in [0.2, 0.25) is 0 Å². The fraction of sp³-hybridized carbons (Fsp3) is 0.304. The van der Waals surface area contributed by atoms with E-state index in [9.17, 15) is 4.79 Å². The smallest absolute Gasteiger partial charge is 0.322 e. The summed E-state index contributed by atoms with van der Waals surface area (Å²) >= 11 is 1.66. The van der Waals surface area contributed by atoms with Crippen LogP contribution in [0.3, 0.4) is 0 Å². The van der Waals surface area contributed by atoms with E-state index in [1.807, 2.05) is 46.7 Å². The third-order valence-electron chi connectivity index (χ3n) is 5.86. The summed E-state index contributed by atoms with van der Waals surface area (Å²) in [5.74, 6) is 1.27. The molecule has 1 fully saturated rings. The van der Waals surface area contributed by atoms with Crippen LogP contribution in [0.1, 0.15) is 13.8 Å². The molecule has 0 aliphatic carbocycles. The fourth-order valence-electron chi connectivity index (χ4n) is 4.23. The normalized spacial score (nSPS) is 16.9. The summed E-state index contributed by atoms with van der Waals surface area (Å²) < 4.78 is 1.10. The van der Waals surface area contributed by atoms with Crippen LogP contribution in [0.5, 0.6) is 0 Å². The van der Waals surface area contributed by atoms with Gasteiger partial charge in [0, 0.05) is 31.2 Å². The Morgan fingerprint density at radius 3 is 2.87 bits per heavy atom. The molecule has 1 unspecified atom stereocenters. The summed E-state index contributed by atoms with van der Waals surface area (Å²) in [6.45, 7) is 6.44. The molecule has 1 aromatic carbocycles. The molecular formula is C23H24N6OS. The van der Waals surface area contributed by atoms with Gasteiger partial charge in [0.15, 0.2) is 0 Å². The van der Waals surface area contributed by atoms with E-state index < -0.39 is 0 Å². The molecule has 0 saturated carbocycles. The molecule has 4 aromatic rings. The molecule has 31 heavy (non-hydrogen) atoms. The number of benzene rings is 1. The number of pyridine rings is 1. The third kappa shape index (κ3) is 3.67. The lowest BCUT2D eigenvalue weighted by atomic mass is 9.99. The number of anilines is 2. The van der Waals surface area contributed by atoms with Gasteiger partial charge in [0.05, 0.1) is 27.5 Å². The number of nitrogens with zero attached hydrogens (tertiary/aromatic N) is 5. The number of nitrogens with one attached hydrogen (secondary N) is 1. The molecule has 1 aliphatic heterocycles. The maximum Gasteiger partial charge on any atom is 0.322 e. The van der Waals surface area contributed by atoms with Crippen LogP contribution >= 0.6 is 11.3 Å². The van der Waals surface area contributed by atoms with E-state index in [1.165, 1.54) is 0 Å². The van der Waals surface area contributed by atoms with Gasteiger partial charge in [0.1, 0.15) is 12.1 Å². The van der Waals surface area contributed by atoms with Gasteiger partial charge in [-0.15, -0.1) is 11.3 Å². The van der Waals surface area contributed by atoms with Crippen LogP contribution in [0.15, 0.2) is 54.3 Å². The van der Waals surface area contributed by atoms with E-state index in [0.29, 0.717) is 12.5 Å². The van der Waals surface area contributed by atoms with Crippen LogP contribution < -0.4 is 10.2 Å². The highest BCUT2D eigenvalue weighted by molar-refractivity contribution is 7.17. The summed E-state index contributed by atoms with van der Waals surface area (Å²) in [5, 5.41) is 6.12. The van der Waals surface area contributed by atoms with Crippen molar-refractivity contribution < 1.29 is 4.79 Å². The molecule has 2 amide bonds. The van der Waals surface area contributed by atoms with E-state index >= 15 is 0 Å². The van der Waals surface area contributed by atoms with Crippen molar-refractivity contribution in [3.8, 4) is 0 Å². The predicted molar refractivity (Wildman–Crippen MR) is 126 cm³/mol. The van der Waals surface area contributed by atoms with Gasteiger partial charge in [0.25, 0.3) is 0 Å². The summed E-state index contributed by atoms with van der Waals surface area (Å²) in [5.41, 5.74) is 2.63. The lowest BCUT2D eigenvalue weighted by Gasteiger charge is -2.43. The molecule has 8 heteroatoms. The molecule has 158 valence electrons. The topological polar surface area (TPSA) is 74.2 Å². The van der Waals surface area contributed by atoms with Crippen molar-refractivity contribution in [1.29, 1.82) is 0 Å². The van der Waals surface area contributed by atoms with Crippen LogP contribution in [0.4, 0.5) is 16.3 Å². The Morgan fingerprint density at radius 1 is 1.10 bits per heavy atom.